The lowest BCUT2D eigenvalue weighted by molar-refractivity contribution is 0.588. The molecule has 0 aromatic heterocycles. The number of hydrogen-bond acceptors (Lipinski definition) is 2. The first kappa shape index (κ1) is 40.5. The molecule has 2 aromatic rings. The van der Waals surface area contributed by atoms with E-state index in [9.17, 15) is 0 Å². The highest BCUT2D eigenvalue weighted by atomic mass is 14.5. The van der Waals surface area contributed by atoms with Crippen LogP contribution in [0.15, 0.2) is 72.9 Å². The number of unbranched alkanes of at least 4 members (excludes halogenated alkanes) is 12. The summed E-state index contributed by atoms with van der Waals surface area (Å²) in [5.74, 6) is 0. The molecule has 2 rings (SSSR count). The van der Waals surface area contributed by atoms with Gasteiger partial charge < -0.3 is 11.5 Å². The van der Waals surface area contributed by atoms with Gasteiger partial charge in [0.15, 0.2) is 0 Å². The van der Waals surface area contributed by atoms with Crippen molar-refractivity contribution in [3.05, 3.63) is 106 Å². The smallest absolute Gasteiger partial charge is 0.00375 e. The summed E-state index contributed by atoms with van der Waals surface area (Å²) in [4.78, 5) is 0. The molecule has 0 aliphatic heterocycles. The van der Waals surface area contributed by atoms with E-state index in [-0.39, 0.29) is 0 Å². The van der Waals surface area contributed by atoms with E-state index >= 15 is 0 Å². The first-order valence-corrected chi connectivity index (χ1v) is 19.4. The number of allylic oxidation sites excluding steroid dienone is 4. The van der Waals surface area contributed by atoms with E-state index in [4.69, 9.17) is 11.5 Å². The molecule has 2 aromatic carbocycles. The molecular weight excluding hydrogens is 569 g/mol. The predicted molar refractivity (Wildman–Crippen MR) is 212 cm³/mol. The highest BCUT2D eigenvalue weighted by molar-refractivity contribution is 5.57. The van der Waals surface area contributed by atoms with Crippen LogP contribution < -0.4 is 11.5 Å². The van der Waals surface area contributed by atoms with E-state index in [1.165, 1.54) is 123 Å². The van der Waals surface area contributed by atoms with Crippen LogP contribution in [-0.2, 0) is 25.7 Å². The maximum Gasteiger partial charge on any atom is -0.00375 e. The van der Waals surface area contributed by atoms with Gasteiger partial charge in [-0.2, -0.15) is 0 Å². The Morgan fingerprint density at radius 2 is 0.851 bits per heavy atom. The molecule has 0 saturated heterocycles. The Morgan fingerprint density at radius 3 is 1.23 bits per heavy atom. The zero-order valence-corrected chi connectivity index (χ0v) is 30.6. The topological polar surface area (TPSA) is 52.0 Å². The maximum absolute atomic E-state index is 5.84. The number of nitrogens with two attached hydrogens (primary N) is 2. The van der Waals surface area contributed by atoms with E-state index in [1.54, 1.807) is 0 Å². The van der Waals surface area contributed by atoms with Crippen molar-refractivity contribution in [1.29, 1.82) is 0 Å². The zero-order valence-electron chi connectivity index (χ0n) is 30.6. The molecule has 0 heterocycles. The number of rotatable bonds is 28. The fourth-order valence-corrected chi connectivity index (χ4v) is 6.42. The van der Waals surface area contributed by atoms with Gasteiger partial charge in [0.05, 0.1) is 0 Å². The van der Waals surface area contributed by atoms with Crippen molar-refractivity contribution in [3.63, 3.8) is 0 Å². The van der Waals surface area contributed by atoms with Crippen LogP contribution in [0.5, 0.6) is 0 Å². The van der Waals surface area contributed by atoms with Crippen LogP contribution >= 0.6 is 0 Å². The van der Waals surface area contributed by atoms with E-state index in [0.29, 0.717) is 0 Å². The Labute approximate surface area is 290 Å². The Bertz CT molecular complexity index is 1110. The van der Waals surface area contributed by atoms with Gasteiger partial charge in [-0.05, 0) is 104 Å². The summed E-state index contributed by atoms with van der Waals surface area (Å²) in [6.45, 7) is 14.8. The van der Waals surface area contributed by atoms with Gasteiger partial charge in [-0.1, -0.05) is 176 Å². The summed E-state index contributed by atoms with van der Waals surface area (Å²) >= 11 is 0. The van der Waals surface area contributed by atoms with E-state index in [1.807, 2.05) is 0 Å². The van der Waals surface area contributed by atoms with Crippen LogP contribution in [0.2, 0.25) is 0 Å². The molecule has 0 aliphatic rings. The van der Waals surface area contributed by atoms with Crippen LogP contribution in [-0.4, -0.2) is 13.1 Å². The summed E-state index contributed by atoms with van der Waals surface area (Å²) in [5.41, 5.74) is 22.3. The Balaban J connectivity index is 1.94. The Kier molecular flexibility index (Phi) is 22.7. The molecule has 2 nitrogen and oxygen atoms in total. The van der Waals surface area contributed by atoms with Gasteiger partial charge in [-0.25, -0.2) is 0 Å². The Hall–Kier alpha value is -2.68. The van der Waals surface area contributed by atoms with Gasteiger partial charge in [0, 0.05) is 0 Å². The zero-order chi connectivity index (χ0) is 34.0. The number of hydrogen-bond donors (Lipinski definition) is 2. The van der Waals surface area contributed by atoms with Gasteiger partial charge in [-0.15, -0.1) is 0 Å². The lowest BCUT2D eigenvalue weighted by Gasteiger charge is -2.11. The largest absolute Gasteiger partial charge is 0.330 e. The predicted octanol–water partition coefficient (Wildman–Crippen LogP) is 12.3. The van der Waals surface area contributed by atoms with Crippen LogP contribution in [0.4, 0.5) is 0 Å². The third-order valence-electron chi connectivity index (χ3n) is 9.34. The lowest BCUT2D eigenvalue weighted by atomic mass is 9.94. The van der Waals surface area contributed by atoms with Crippen molar-refractivity contribution in [3.8, 4) is 0 Å². The molecule has 0 unspecified atom stereocenters. The summed E-state index contributed by atoms with van der Waals surface area (Å²) < 4.78 is 0. The summed E-state index contributed by atoms with van der Waals surface area (Å²) in [5, 5.41) is 0. The number of benzene rings is 2. The van der Waals surface area contributed by atoms with Crippen LogP contribution in [0.25, 0.3) is 12.2 Å². The average molecular weight is 639 g/mol. The number of aryl methyl sites for hydroxylation is 4. The summed E-state index contributed by atoms with van der Waals surface area (Å²) in [6, 6.07) is 13.9. The van der Waals surface area contributed by atoms with Crippen molar-refractivity contribution < 1.29 is 0 Å². The van der Waals surface area contributed by atoms with Crippen molar-refractivity contribution in [2.75, 3.05) is 13.1 Å². The molecule has 0 aliphatic carbocycles. The Morgan fingerprint density at radius 1 is 0.489 bits per heavy atom. The van der Waals surface area contributed by atoms with E-state index in [0.717, 1.165) is 69.2 Å². The second kappa shape index (κ2) is 26.3. The summed E-state index contributed by atoms with van der Waals surface area (Å²) in [7, 11) is 0. The molecule has 47 heavy (non-hydrogen) atoms. The fourth-order valence-electron chi connectivity index (χ4n) is 6.42. The molecule has 0 bridgehead atoms. The average Bonchev–Trinajstić information content (AvgIpc) is 3.08. The second-order valence-electron chi connectivity index (χ2n) is 13.7. The van der Waals surface area contributed by atoms with Crippen LogP contribution in [0.1, 0.15) is 156 Å². The standard InChI is InChI=1S/C45H70N2/c1-5-7-9-11-13-15-17-21-44-36-40(29-31-42(44)23-19-33-46)27-25-38(3)35-39(4)26-28-41-30-32-43(24-20-34-47)45(37-41)22-18-16-14-12-10-8-6-2/h25-32,36-37H,3-24,33-35,46-47H2,1-2H3/b27-25+,28-26+. The highest BCUT2D eigenvalue weighted by Crippen LogP contribution is 2.22. The second-order valence-corrected chi connectivity index (χ2v) is 13.7. The first-order valence-electron chi connectivity index (χ1n) is 19.4. The van der Waals surface area contributed by atoms with Gasteiger partial charge >= 0.3 is 0 Å². The minimum Gasteiger partial charge on any atom is -0.330 e. The molecule has 4 N–H and O–H groups in total. The molecular formula is C45H70N2. The van der Waals surface area contributed by atoms with Crippen molar-refractivity contribution in [2.24, 2.45) is 11.5 Å². The van der Waals surface area contributed by atoms with Crippen LogP contribution in [0.3, 0.4) is 0 Å². The normalized spacial score (nSPS) is 11.7. The van der Waals surface area contributed by atoms with Gasteiger partial charge in [0.2, 0.25) is 0 Å². The minimum atomic E-state index is 0.747. The molecule has 0 amide bonds. The van der Waals surface area contributed by atoms with Gasteiger partial charge in [0.25, 0.3) is 0 Å². The lowest BCUT2D eigenvalue weighted by Crippen LogP contribution is -2.03. The third kappa shape index (κ3) is 18.4. The molecule has 0 fully saturated rings. The van der Waals surface area contributed by atoms with Gasteiger partial charge in [0.1, 0.15) is 0 Å². The fraction of sp³-hybridized carbons (Fsp3) is 0.556. The van der Waals surface area contributed by atoms with E-state index < -0.39 is 0 Å². The van der Waals surface area contributed by atoms with E-state index in [2.05, 4.69) is 87.7 Å². The SMILES string of the molecule is C=C(/C=C/c1ccc(CCCN)c(CCCCCCCCC)c1)CC(=C)/C=C/c1ccc(CCCN)c(CCCCCCCCC)c1. The maximum atomic E-state index is 5.84. The molecule has 2 heteroatoms. The quantitative estimate of drug-likeness (QED) is 0.0719. The molecule has 260 valence electrons. The molecule has 0 saturated carbocycles. The van der Waals surface area contributed by atoms with Crippen molar-refractivity contribution >= 4 is 12.2 Å². The van der Waals surface area contributed by atoms with Crippen molar-refractivity contribution in [1.82, 2.24) is 0 Å². The van der Waals surface area contributed by atoms with Gasteiger partial charge in [-0.3, -0.25) is 0 Å². The van der Waals surface area contributed by atoms with Crippen LogP contribution in [0, 0.1) is 0 Å². The molecule has 0 spiro atoms. The third-order valence-corrected chi connectivity index (χ3v) is 9.34. The summed E-state index contributed by atoms with van der Waals surface area (Å²) in [6.07, 6.45) is 34.9. The molecule has 0 radical (unpaired) electrons. The highest BCUT2D eigenvalue weighted by Gasteiger charge is 2.06. The monoisotopic (exact) mass is 639 g/mol. The molecule has 0 atom stereocenters. The first-order chi connectivity index (χ1) is 23.0. The minimum absolute atomic E-state index is 0.747. The van der Waals surface area contributed by atoms with Crippen molar-refractivity contribution in [2.45, 2.75) is 149 Å².